The number of carbonyl (C=O) groups is 1. The van der Waals surface area contributed by atoms with E-state index >= 15 is 0 Å². The third-order valence-corrected chi connectivity index (χ3v) is 2.26. The second-order valence-electron chi connectivity index (χ2n) is 3.83. The Hall–Kier alpha value is -1.42. The average molecular weight is 223 g/mol. The molecule has 4 nitrogen and oxygen atoms in total. The van der Waals surface area contributed by atoms with Crippen LogP contribution in [0.1, 0.15) is 31.3 Å². The smallest absolute Gasteiger partial charge is 0.216 e. The monoisotopic (exact) mass is 223 g/mol. The third-order valence-electron chi connectivity index (χ3n) is 2.26. The molecule has 0 N–H and O–H groups in total. The van der Waals surface area contributed by atoms with Gasteiger partial charge in [0.1, 0.15) is 11.4 Å². The number of Topliss-reactive ketones (excluding diaryl/α,β-unsaturated/α-hetero) is 1. The fourth-order valence-corrected chi connectivity index (χ4v) is 1.44. The van der Waals surface area contributed by atoms with Crippen LogP contribution in [-0.2, 0) is 4.74 Å². The SMILES string of the molecule is CCOC(C)(C)C(=O)c1ncccc1OC. The van der Waals surface area contributed by atoms with Crippen LogP contribution in [0.15, 0.2) is 18.3 Å². The van der Waals surface area contributed by atoms with E-state index in [4.69, 9.17) is 9.47 Å². The average Bonchev–Trinajstić information content (AvgIpc) is 2.28. The van der Waals surface area contributed by atoms with Crippen LogP contribution in [0.5, 0.6) is 5.75 Å². The first-order valence-electron chi connectivity index (χ1n) is 5.20. The van der Waals surface area contributed by atoms with Crippen LogP contribution in [0.4, 0.5) is 0 Å². The van der Waals surface area contributed by atoms with E-state index in [2.05, 4.69) is 4.98 Å². The first-order chi connectivity index (χ1) is 7.53. The zero-order valence-electron chi connectivity index (χ0n) is 10.1. The van der Waals surface area contributed by atoms with Crippen molar-refractivity contribution in [2.45, 2.75) is 26.4 Å². The van der Waals surface area contributed by atoms with Crippen molar-refractivity contribution in [1.82, 2.24) is 4.98 Å². The van der Waals surface area contributed by atoms with Gasteiger partial charge in [0.05, 0.1) is 7.11 Å². The van der Waals surface area contributed by atoms with Crippen molar-refractivity contribution in [3.8, 4) is 5.75 Å². The topological polar surface area (TPSA) is 48.4 Å². The summed E-state index contributed by atoms with van der Waals surface area (Å²) in [6.45, 7) is 5.79. The molecule has 0 aliphatic heterocycles. The second kappa shape index (κ2) is 5.07. The number of pyridine rings is 1. The fraction of sp³-hybridized carbons (Fsp3) is 0.500. The maximum absolute atomic E-state index is 12.2. The van der Waals surface area contributed by atoms with Gasteiger partial charge in [-0.15, -0.1) is 0 Å². The van der Waals surface area contributed by atoms with E-state index in [0.29, 0.717) is 18.1 Å². The Balaban J connectivity index is 3.04. The summed E-state index contributed by atoms with van der Waals surface area (Å²) in [5, 5.41) is 0. The number of methoxy groups -OCH3 is 1. The summed E-state index contributed by atoms with van der Waals surface area (Å²) in [5.74, 6) is 0.298. The highest BCUT2D eigenvalue weighted by Crippen LogP contribution is 2.22. The van der Waals surface area contributed by atoms with Crippen molar-refractivity contribution in [2.24, 2.45) is 0 Å². The maximum Gasteiger partial charge on any atom is 0.216 e. The number of aromatic nitrogens is 1. The molecular formula is C12H17NO3. The molecule has 0 aliphatic carbocycles. The summed E-state index contributed by atoms with van der Waals surface area (Å²) in [6, 6.07) is 3.44. The maximum atomic E-state index is 12.2. The molecule has 0 aromatic carbocycles. The van der Waals surface area contributed by atoms with E-state index in [1.165, 1.54) is 7.11 Å². The number of hydrogen-bond acceptors (Lipinski definition) is 4. The molecule has 0 atom stereocenters. The highest BCUT2D eigenvalue weighted by Gasteiger charge is 2.32. The Labute approximate surface area is 95.6 Å². The van der Waals surface area contributed by atoms with E-state index in [9.17, 15) is 4.79 Å². The van der Waals surface area contributed by atoms with E-state index in [-0.39, 0.29) is 5.78 Å². The molecular weight excluding hydrogens is 206 g/mol. The predicted octanol–water partition coefficient (Wildman–Crippen LogP) is 2.09. The molecule has 1 aromatic heterocycles. The van der Waals surface area contributed by atoms with Crippen LogP contribution in [-0.4, -0.2) is 30.1 Å². The number of nitrogens with zero attached hydrogens (tertiary/aromatic N) is 1. The Morgan fingerprint density at radius 3 is 2.75 bits per heavy atom. The summed E-state index contributed by atoms with van der Waals surface area (Å²) in [7, 11) is 1.52. The summed E-state index contributed by atoms with van der Waals surface area (Å²) >= 11 is 0. The zero-order valence-corrected chi connectivity index (χ0v) is 10.1. The van der Waals surface area contributed by atoms with E-state index in [1.54, 1.807) is 32.2 Å². The Kier molecular flexibility index (Phi) is 4.01. The van der Waals surface area contributed by atoms with Gasteiger partial charge in [-0.25, -0.2) is 4.98 Å². The predicted molar refractivity (Wildman–Crippen MR) is 60.8 cm³/mol. The Morgan fingerprint density at radius 1 is 1.50 bits per heavy atom. The molecule has 16 heavy (non-hydrogen) atoms. The van der Waals surface area contributed by atoms with Gasteiger partial charge in [-0.05, 0) is 32.9 Å². The second-order valence-corrected chi connectivity index (χ2v) is 3.83. The molecule has 0 unspecified atom stereocenters. The van der Waals surface area contributed by atoms with Gasteiger partial charge >= 0.3 is 0 Å². The van der Waals surface area contributed by atoms with Gasteiger partial charge < -0.3 is 9.47 Å². The van der Waals surface area contributed by atoms with Gasteiger partial charge in [-0.3, -0.25) is 4.79 Å². The summed E-state index contributed by atoms with van der Waals surface area (Å²) in [4.78, 5) is 16.2. The van der Waals surface area contributed by atoms with Gasteiger partial charge in [0.25, 0.3) is 0 Å². The fourth-order valence-electron chi connectivity index (χ4n) is 1.44. The first kappa shape index (κ1) is 12.6. The summed E-state index contributed by atoms with van der Waals surface area (Å²) in [6.07, 6.45) is 1.57. The lowest BCUT2D eigenvalue weighted by Crippen LogP contribution is -2.35. The Bertz CT molecular complexity index is 374. The number of carbonyl (C=O) groups excluding carboxylic acids is 1. The molecule has 0 amide bonds. The van der Waals surface area contributed by atoms with Crippen LogP contribution in [0.2, 0.25) is 0 Å². The van der Waals surface area contributed by atoms with E-state index in [1.807, 2.05) is 6.92 Å². The minimum absolute atomic E-state index is 0.174. The summed E-state index contributed by atoms with van der Waals surface area (Å²) < 4.78 is 10.5. The number of rotatable bonds is 5. The van der Waals surface area contributed by atoms with E-state index < -0.39 is 5.60 Å². The van der Waals surface area contributed by atoms with Crippen molar-refractivity contribution >= 4 is 5.78 Å². The van der Waals surface area contributed by atoms with E-state index in [0.717, 1.165) is 0 Å². The number of ether oxygens (including phenoxy) is 2. The quantitative estimate of drug-likeness (QED) is 0.717. The highest BCUT2D eigenvalue weighted by atomic mass is 16.5. The molecule has 0 fully saturated rings. The van der Waals surface area contributed by atoms with Crippen LogP contribution < -0.4 is 4.74 Å². The third kappa shape index (κ3) is 2.58. The molecule has 0 saturated heterocycles. The minimum atomic E-state index is -0.879. The standard InChI is InChI=1S/C12H17NO3/c1-5-16-12(2,3)11(14)10-9(15-4)7-6-8-13-10/h6-8H,5H2,1-4H3. The zero-order chi connectivity index (χ0) is 12.2. The molecule has 1 aromatic rings. The number of hydrogen-bond donors (Lipinski definition) is 0. The van der Waals surface area contributed by atoms with Gasteiger partial charge in [0.2, 0.25) is 5.78 Å². The normalized spacial score (nSPS) is 11.2. The molecule has 0 bridgehead atoms. The largest absolute Gasteiger partial charge is 0.494 e. The minimum Gasteiger partial charge on any atom is -0.494 e. The van der Waals surface area contributed by atoms with Gasteiger partial charge in [-0.2, -0.15) is 0 Å². The molecule has 1 heterocycles. The van der Waals surface area contributed by atoms with Crippen LogP contribution in [0.3, 0.4) is 0 Å². The lowest BCUT2D eigenvalue weighted by molar-refractivity contribution is 0.000664. The van der Waals surface area contributed by atoms with Crippen molar-refractivity contribution in [2.75, 3.05) is 13.7 Å². The van der Waals surface area contributed by atoms with Crippen molar-refractivity contribution in [1.29, 1.82) is 0 Å². The molecule has 0 spiro atoms. The van der Waals surface area contributed by atoms with Gasteiger partial charge in [0.15, 0.2) is 5.69 Å². The van der Waals surface area contributed by atoms with Gasteiger partial charge in [0, 0.05) is 12.8 Å². The Morgan fingerprint density at radius 2 is 2.19 bits per heavy atom. The highest BCUT2D eigenvalue weighted by molar-refractivity contribution is 6.02. The van der Waals surface area contributed by atoms with Crippen molar-refractivity contribution in [3.63, 3.8) is 0 Å². The molecule has 0 aliphatic rings. The van der Waals surface area contributed by atoms with Crippen LogP contribution in [0, 0.1) is 0 Å². The molecule has 0 saturated carbocycles. The first-order valence-corrected chi connectivity index (χ1v) is 5.20. The lowest BCUT2D eigenvalue weighted by atomic mass is 9.99. The van der Waals surface area contributed by atoms with Crippen molar-refractivity contribution < 1.29 is 14.3 Å². The number of ketones is 1. The molecule has 88 valence electrons. The van der Waals surface area contributed by atoms with Crippen molar-refractivity contribution in [3.05, 3.63) is 24.0 Å². The van der Waals surface area contributed by atoms with Crippen LogP contribution in [0.25, 0.3) is 0 Å². The lowest BCUT2D eigenvalue weighted by Gasteiger charge is -2.23. The summed E-state index contributed by atoms with van der Waals surface area (Å²) in [5.41, 5.74) is -0.570. The molecule has 0 radical (unpaired) electrons. The van der Waals surface area contributed by atoms with Gasteiger partial charge in [-0.1, -0.05) is 0 Å². The molecule has 4 heteroatoms. The molecule has 1 rings (SSSR count). The van der Waals surface area contributed by atoms with Crippen LogP contribution >= 0.6 is 0 Å².